The van der Waals surface area contributed by atoms with E-state index < -0.39 is 0 Å². The SMILES string of the molecule is CC1=NN(C)C2CN=C(c3ccccc3)c3cc(Cl)ccc3N12. The normalized spacial score (nSPS) is 19.7. The highest BCUT2D eigenvalue weighted by molar-refractivity contribution is 6.31. The maximum absolute atomic E-state index is 6.28. The molecule has 0 spiro atoms. The zero-order chi connectivity index (χ0) is 16.0. The first-order valence-electron chi connectivity index (χ1n) is 7.62. The molecule has 2 heterocycles. The van der Waals surface area contributed by atoms with Gasteiger partial charge in [-0.25, -0.2) is 0 Å². The van der Waals surface area contributed by atoms with Crippen molar-refractivity contribution in [2.75, 3.05) is 18.5 Å². The third-order valence-electron chi connectivity index (χ3n) is 4.31. The molecule has 2 aromatic rings. The van der Waals surface area contributed by atoms with Gasteiger partial charge < -0.3 is 4.90 Å². The van der Waals surface area contributed by atoms with E-state index in [4.69, 9.17) is 16.6 Å². The predicted octanol–water partition coefficient (Wildman–Crippen LogP) is 3.60. The zero-order valence-electron chi connectivity index (χ0n) is 13.1. The zero-order valence-corrected chi connectivity index (χ0v) is 13.8. The quantitative estimate of drug-likeness (QED) is 0.802. The maximum atomic E-state index is 6.28. The van der Waals surface area contributed by atoms with E-state index in [1.54, 1.807) is 0 Å². The Balaban J connectivity index is 1.93. The van der Waals surface area contributed by atoms with Crippen LogP contribution in [-0.2, 0) is 0 Å². The number of nitrogens with zero attached hydrogens (tertiary/aromatic N) is 4. The van der Waals surface area contributed by atoms with Crippen LogP contribution in [-0.4, -0.2) is 36.3 Å². The summed E-state index contributed by atoms with van der Waals surface area (Å²) < 4.78 is 0. The van der Waals surface area contributed by atoms with Crippen molar-refractivity contribution >= 4 is 28.8 Å². The fraction of sp³-hybridized carbons (Fsp3) is 0.222. The van der Waals surface area contributed by atoms with Gasteiger partial charge in [-0.3, -0.25) is 10.0 Å². The summed E-state index contributed by atoms with van der Waals surface area (Å²) >= 11 is 6.28. The van der Waals surface area contributed by atoms with Gasteiger partial charge >= 0.3 is 0 Å². The second-order valence-corrected chi connectivity index (χ2v) is 6.22. The van der Waals surface area contributed by atoms with E-state index in [2.05, 4.69) is 28.2 Å². The number of hydrogen-bond acceptors (Lipinski definition) is 4. The van der Waals surface area contributed by atoms with Gasteiger partial charge in [-0.15, -0.1) is 0 Å². The summed E-state index contributed by atoms with van der Waals surface area (Å²) in [5.41, 5.74) is 4.24. The standard InChI is InChI=1S/C18H17ClN4/c1-12-21-22(2)17-11-20-18(13-6-4-3-5-7-13)15-10-14(19)8-9-16(15)23(12)17/h3-10,17H,11H2,1-2H3. The van der Waals surface area contributed by atoms with Gasteiger partial charge in [0.2, 0.25) is 0 Å². The number of anilines is 1. The van der Waals surface area contributed by atoms with Crippen LogP contribution >= 0.6 is 11.6 Å². The molecule has 0 saturated carbocycles. The van der Waals surface area contributed by atoms with E-state index in [0.29, 0.717) is 11.6 Å². The summed E-state index contributed by atoms with van der Waals surface area (Å²) in [6.45, 7) is 2.69. The molecule has 2 aliphatic rings. The lowest BCUT2D eigenvalue weighted by Gasteiger charge is -2.28. The van der Waals surface area contributed by atoms with E-state index in [1.165, 1.54) is 0 Å². The molecule has 2 aromatic carbocycles. The van der Waals surface area contributed by atoms with Crippen molar-refractivity contribution in [3.8, 4) is 0 Å². The molecule has 2 aliphatic heterocycles. The number of benzene rings is 2. The number of fused-ring (bicyclic) bond motifs is 3. The Kier molecular flexibility index (Phi) is 3.34. The second kappa shape index (κ2) is 5.39. The Morgan fingerprint density at radius 3 is 2.70 bits per heavy atom. The van der Waals surface area contributed by atoms with E-state index in [-0.39, 0.29) is 6.17 Å². The first-order chi connectivity index (χ1) is 11.1. The monoisotopic (exact) mass is 324 g/mol. The van der Waals surface area contributed by atoms with Crippen LogP contribution < -0.4 is 4.90 Å². The molecule has 4 nitrogen and oxygen atoms in total. The molecule has 23 heavy (non-hydrogen) atoms. The Hall–Kier alpha value is -2.33. The summed E-state index contributed by atoms with van der Waals surface area (Å²) in [6, 6.07) is 16.2. The highest BCUT2D eigenvalue weighted by Crippen LogP contribution is 2.34. The molecule has 116 valence electrons. The summed E-state index contributed by atoms with van der Waals surface area (Å²) in [6.07, 6.45) is 0.108. The third-order valence-corrected chi connectivity index (χ3v) is 4.55. The Bertz CT molecular complexity index is 813. The van der Waals surface area contributed by atoms with Gasteiger partial charge in [0.25, 0.3) is 0 Å². The molecule has 0 amide bonds. The third kappa shape index (κ3) is 2.30. The lowest BCUT2D eigenvalue weighted by Crippen LogP contribution is -2.42. The lowest BCUT2D eigenvalue weighted by atomic mass is 10.00. The van der Waals surface area contributed by atoms with Gasteiger partial charge in [-0.2, -0.15) is 5.10 Å². The molecule has 0 bridgehead atoms. The Labute approximate surface area is 140 Å². The fourth-order valence-corrected chi connectivity index (χ4v) is 3.44. The molecule has 0 aliphatic carbocycles. The summed E-state index contributed by atoms with van der Waals surface area (Å²) in [5.74, 6) is 0.977. The van der Waals surface area contributed by atoms with Crippen molar-refractivity contribution in [1.82, 2.24) is 5.01 Å². The molecule has 4 rings (SSSR count). The number of aliphatic imine (C=N–C) groups is 1. The largest absolute Gasteiger partial charge is 0.304 e. The highest BCUT2D eigenvalue weighted by atomic mass is 35.5. The van der Waals surface area contributed by atoms with Crippen LogP contribution in [0.25, 0.3) is 0 Å². The summed E-state index contributed by atoms with van der Waals surface area (Å²) in [5, 5.41) is 7.26. The van der Waals surface area contributed by atoms with Gasteiger partial charge in [0.1, 0.15) is 12.0 Å². The van der Waals surface area contributed by atoms with E-state index >= 15 is 0 Å². The number of rotatable bonds is 1. The van der Waals surface area contributed by atoms with E-state index in [0.717, 1.165) is 28.4 Å². The predicted molar refractivity (Wildman–Crippen MR) is 95.5 cm³/mol. The van der Waals surface area contributed by atoms with Gasteiger partial charge in [-0.1, -0.05) is 41.9 Å². The van der Waals surface area contributed by atoms with Crippen molar-refractivity contribution in [3.63, 3.8) is 0 Å². The molecular weight excluding hydrogens is 308 g/mol. The van der Waals surface area contributed by atoms with Crippen LogP contribution in [0.1, 0.15) is 18.1 Å². The number of hydrogen-bond donors (Lipinski definition) is 0. The Morgan fingerprint density at radius 2 is 1.91 bits per heavy atom. The fourth-order valence-electron chi connectivity index (χ4n) is 3.27. The molecular formula is C18H17ClN4. The number of hydrazone groups is 1. The molecule has 0 saturated heterocycles. The first-order valence-corrected chi connectivity index (χ1v) is 8.00. The van der Waals surface area contributed by atoms with Crippen LogP contribution in [0, 0.1) is 0 Å². The average Bonchev–Trinajstić information content (AvgIpc) is 2.74. The smallest absolute Gasteiger partial charge is 0.143 e. The van der Waals surface area contributed by atoms with Crippen LogP contribution in [0.15, 0.2) is 58.6 Å². The number of amidine groups is 1. The van der Waals surface area contributed by atoms with Crippen molar-refractivity contribution in [1.29, 1.82) is 0 Å². The van der Waals surface area contributed by atoms with Crippen LogP contribution in [0.5, 0.6) is 0 Å². The van der Waals surface area contributed by atoms with Gasteiger partial charge in [0.05, 0.1) is 17.9 Å². The first kappa shape index (κ1) is 14.3. The molecule has 1 unspecified atom stereocenters. The van der Waals surface area contributed by atoms with Crippen molar-refractivity contribution in [2.45, 2.75) is 13.1 Å². The van der Waals surface area contributed by atoms with Crippen LogP contribution in [0.2, 0.25) is 5.02 Å². The topological polar surface area (TPSA) is 31.2 Å². The minimum absolute atomic E-state index is 0.108. The van der Waals surface area contributed by atoms with Crippen molar-refractivity contribution in [2.24, 2.45) is 10.1 Å². The van der Waals surface area contributed by atoms with Crippen LogP contribution in [0.4, 0.5) is 5.69 Å². The molecule has 1 atom stereocenters. The van der Waals surface area contributed by atoms with E-state index in [9.17, 15) is 0 Å². The summed E-state index contributed by atoms with van der Waals surface area (Å²) in [7, 11) is 1.99. The number of likely N-dealkylation sites (N-methyl/N-ethyl adjacent to an activating group) is 1. The Morgan fingerprint density at radius 1 is 1.13 bits per heavy atom. The maximum Gasteiger partial charge on any atom is 0.143 e. The molecule has 5 heteroatoms. The number of halogens is 1. The van der Waals surface area contributed by atoms with Gasteiger partial charge in [0, 0.05) is 23.2 Å². The summed E-state index contributed by atoms with van der Waals surface area (Å²) in [4.78, 5) is 7.15. The molecule has 0 fully saturated rings. The minimum atomic E-state index is 0.108. The minimum Gasteiger partial charge on any atom is -0.304 e. The van der Waals surface area contributed by atoms with Gasteiger partial charge in [0.15, 0.2) is 0 Å². The average molecular weight is 325 g/mol. The van der Waals surface area contributed by atoms with Crippen molar-refractivity contribution in [3.05, 3.63) is 64.7 Å². The lowest BCUT2D eigenvalue weighted by molar-refractivity contribution is 0.292. The molecule has 0 aromatic heterocycles. The van der Waals surface area contributed by atoms with Crippen molar-refractivity contribution < 1.29 is 0 Å². The molecule has 0 N–H and O–H groups in total. The van der Waals surface area contributed by atoms with Gasteiger partial charge in [-0.05, 0) is 25.1 Å². The van der Waals surface area contributed by atoms with Crippen LogP contribution in [0.3, 0.4) is 0 Å². The highest BCUT2D eigenvalue weighted by Gasteiger charge is 2.35. The second-order valence-electron chi connectivity index (χ2n) is 5.79. The van der Waals surface area contributed by atoms with E-state index in [1.807, 2.05) is 49.3 Å². The molecule has 0 radical (unpaired) electrons.